The number of aliphatic imine (C=N–C) groups is 1. The summed E-state index contributed by atoms with van der Waals surface area (Å²) in [4.78, 5) is 15.3. The van der Waals surface area contributed by atoms with Crippen LogP contribution in [0.5, 0.6) is 0 Å². The normalized spacial score (nSPS) is 11.8. The molecule has 0 aromatic heterocycles. The van der Waals surface area contributed by atoms with E-state index in [9.17, 15) is 4.79 Å². The van der Waals surface area contributed by atoms with Crippen LogP contribution in [0.1, 0.15) is 26.3 Å². The topological polar surface area (TPSA) is 41.5 Å². The van der Waals surface area contributed by atoms with Gasteiger partial charge in [-0.15, -0.1) is 0 Å². The van der Waals surface area contributed by atoms with Gasteiger partial charge in [-0.2, -0.15) is 0 Å². The summed E-state index contributed by atoms with van der Waals surface area (Å²) in [7, 11) is 0. The molecule has 0 unspecified atom stereocenters. The minimum atomic E-state index is -0.0802. The van der Waals surface area contributed by atoms with Gasteiger partial charge >= 0.3 is 0 Å². The number of carbonyl (C=O) groups is 1. The Kier molecular flexibility index (Phi) is 4.45. The van der Waals surface area contributed by atoms with Gasteiger partial charge in [-0.25, -0.2) is 0 Å². The molecule has 0 aliphatic carbocycles. The van der Waals surface area contributed by atoms with Gasteiger partial charge in [0.05, 0.1) is 11.4 Å². The van der Waals surface area contributed by atoms with Gasteiger partial charge in [-0.05, 0) is 19.9 Å². The highest BCUT2D eigenvalue weighted by molar-refractivity contribution is 5.93. The first-order chi connectivity index (χ1) is 7.69. The number of amides is 1. The van der Waals surface area contributed by atoms with Gasteiger partial charge in [0.2, 0.25) is 5.91 Å². The Balaban J connectivity index is 3.16. The Morgan fingerprint density at radius 1 is 1.31 bits per heavy atom. The van der Waals surface area contributed by atoms with Crippen molar-refractivity contribution in [3.8, 4) is 0 Å². The first kappa shape index (κ1) is 12.2. The van der Waals surface area contributed by atoms with Gasteiger partial charge in [0, 0.05) is 18.7 Å². The van der Waals surface area contributed by atoms with Gasteiger partial charge in [0.25, 0.3) is 0 Å². The van der Waals surface area contributed by atoms with E-state index in [-0.39, 0.29) is 5.91 Å². The maximum absolute atomic E-state index is 11.1. The zero-order valence-electron chi connectivity index (χ0n) is 9.82. The van der Waals surface area contributed by atoms with E-state index in [0.29, 0.717) is 0 Å². The molecule has 16 heavy (non-hydrogen) atoms. The molecule has 1 amide bonds. The largest absolute Gasteiger partial charge is 0.326 e. The van der Waals surface area contributed by atoms with Gasteiger partial charge < -0.3 is 5.32 Å². The van der Waals surface area contributed by atoms with Crippen molar-refractivity contribution in [2.24, 2.45) is 4.99 Å². The lowest BCUT2D eigenvalue weighted by molar-refractivity contribution is -0.114. The lowest BCUT2D eigenvalue weighted by Crippen LogP contribution is -2.07. The third kappa shape index (κ3) is 3.05. The summed E-state index contributed by atoms with van der Waals surface area (Å²) in [6.45, 7) is 5.28. The third-order valence-electron chi connectivity index (χ3n) is 2.06. The molecule has 0 saturated carbocycles. The Bertz CT molecular complexity index is 433. The number of anilines is 1. The Hall–Kier alpha value is -1.90. The summed E-state index contributed by atoms with van der Waals surface area (Å²) in [6, 6.07) is 7.62. The van der Waals surface area contributed by atoms with Crippen molar-refractivity contribution < 1.29 is 4.79 Å². The fourth-order valence-corrected chi connectivity index (χ4v) is 1.44. The summed E-state index contributed by atoms with van der Waals surface area (Å²) in [6.07, 6.45) is 3.65. The summed E-state index contributed by atoms with van der Waals surface area (Å²) in [5.41, 5.74) is 2.57. The molecule has 1 aromatic rings. The molecule has 84 valence electrons. The second kappa shape index (κ2) is 5.85. The number of para-hydroxylation sites is 1. The van der Waals surface area contributed by atoms with Crippen LogP contribution in [0.2, 0.25) is 0 Å². The molecule has 0 spiro atoms. The monoisotopic (exact) mass is 216 g/mol. The molecular formula is C13H16N2O. The maximum atomic E-state index is 11.1. The Labute approximate surface area is 95.9 Å². The zero-order chi connectivity index (χ0) is 12.0. The minimum Gasteiger partial charge on any atom is -0.326 e. The van der Waals surface area contributed by atoms with Crippen LogP contribution in [0.25, 0.3) is 5.70 Å². The van der Waals surface area contributed by atoms with Crippen LogP contribution < -0.4 is 5.32 Å². The molecule has 0 bridgehead atoms. The van der Waals surface area contributed by atoms with Crippen molar-refractivity contribution in [3.05, 3.63) is 35.9 Å². The number of rotatable bonds is 3. The summed E-state index contributed by atoms with van der Waals surface area (Å²) < 4.78 is 0. The van der Waals surface area contributed by atoms with Crippen LogP contribution in [0.4, 0.5) is 5.69 Å². The highest BCUT2D eigenvalue weighted by atomic mass is 16.1. The number of hydrogen-bond acceptors (Lipinski definition) is 2. The molecule has 1 rings (SSSR count). The number of nitrogens with zero attached hydrogens (tertiary/aromatic N) is 1. The van der Waals surface area contributed by atoms with E-state index in [1.807, 2.05) is 44.2 Å². The minimum absolute atomic E-state index is 0.0802. The lowest BCUT2D eigenvalue weighted by atomic mass is 10.1. The van der Waals surface area contributed by atoms with Crippen molar-refractivity contribution >= 4 is 23.5 Å². The molecule has 1 aromatic carbocycles. The SMILES string of the molecule is CC=N/C(=C\C)c1ccccc1NC(C)=O. The van der Waals surface area contributed by atoms with Gasteiger partial charge in [0.1, 0.15) is 0 Å². The molecule has 0 saturated heterocycles. The van der Waals surface area contributed by atoms with Gasteiger partial charge in [-0.1, -0.05) is 24.3 Å². The average Bonchev–Trinajstić information content (AvgIpc) is 2.26. The van der Waals surface area contributed by atoms with Crippen molar-refractivity contribution in [1.82, 2.24) is 0 Å². The number of nitrogens with one attached hydrogen (secondary N) is 1. The summed E-state index contributed by atoms with van der Waals surface area (Å²) >= 11 is 0. The first-order valence-corrected chi connectivity index (χ1v) is 5.21. The van der Waals surface area contributed by atoms with Crippen LogP contribution in [0.3, 0.4) is 0 Å². The van der Waals surface area contributed by atoms with Crippen molar-refractivity contribution in [2.45, 2.75) is 20.8 Å². The van der Waals surface area contributed by atoms with E-state index < -0.39 is 0 Å². The highest BCUT2D eigenvalue weighted by Crippen LogP contribution is 2.24. The van der Waals surface area contributed by atoms with Crippen molar-refractivity contribution in [2.75, 3.05) is 5.32 Å². The lowest BCUT2D eigenvalue weighted by Gasteiger charge is -2.09. The summed E-state index contributed by atoms with van der Waals surface area (Å²) in [5, 5.41) is 2.79. The summed E-state index contributed by atoms with van der Waals surface area (Å²) in [5.74, 6) is -0.0802. The van der Waals surface area contributed by atoms with E-state index in [2.05, 4.69) is 10.3 Å². The molecule has 0 fully saturated rings. The molecule has 0 heterocycles. The van der Waals surface area contributed by atoms with Gasteiger partial charge in [0.15, 0.2) is 0 Å². The first-order valence-electron chi connectivity index (χ1n) is 5.21. The van der Waals surface area contributed by atoms with E-state index in [1.165, 1.54) is 6.92 Å². The molecule has 0 aliphatic rings. The standard InChI is InChI=1S/C13H16N2O/c1-4-12(14-5-2)11-8-6-7-9-13(11)15-10(3)16/h4-9H,1-3H3,(H,15,16)/b12-4-,14-5?. The smallest absolute Gasteiger partial charge is 0.221 e. The van der Waals surface area contributed by atoms with E-state index in [0.717, 1.165) is 16.9 Å². The number of benzene rings is 1. The number of allylic oxidation sites excluding steroid dienone is 1. The van der Waals surface area contributed by atoms with E-state index in [4.69, 9.17) is 0 Å². The molecule has 0 atom stereocenters. The quantitative estimate of drug-likeness (QED) is 0.775. The highest BCUT2D eigenvalue weighted by Gasteiger charge is 2.05. The molecular weight excluding hydrogens is 200 g/mol. The second-order valence-electron chi connectivity index (χ2n) is 3.29. The fraction of sp³-hybridized carbons (Fsp3) is 0.231. The van der Waals surface area contributed by atoms with Crippen LogP contribution in [-0.4, -0.2) is 12.1 Å². The molecule has 3 nitrogen and oxygen atoms in total. The Morgan fingerprint density at radius 3 is 2.56 bits per heavy atom. The predicted molar refractivity (Wildman–Crippen MR) is 68.6 cm³/mol. The molecule has 0 aliphatic heterocycles. The van der Waals surface area contributed by atoms with Crippen LogP contribution >= 0.6 is 0 Å². The van der Waals surface area contributed by atoms with Crippen LogP contribution in [0, 0.1) is 0 Å². The second-order valence-corrected chi connectivity index (χ2v) is 3.29. The molecule has 1 N–H and O–H groups in total. The van der Waals surface area contributed by atoms with Crippen molar-refractivity contribution in [3.63, 3.8) is 0 Å². The molecule has 3 heteroatoms. The average molecular weight is 216 g/mol. The van der Waals surface area contributed by atoms with Gasteiger partial charge in [-0.3, -0.25) is 9.79 Å². The number of hydrogen-bond donors (Lipinski definition) is 1. The zero-order valence-corrected chi connectivity index (χ0v) is 9.82. The molecule has 0 radical (unpaired) electrons. The van der Waals surface area contributed by atoms with Crippen LogP contribution in [-0.2, 0) is 4.79 Å². The fourth-order valence-electron chi connectivity index (χ4n) is 1.44. The van der Waals surface area contributed by atoms with E-state index >= 15 is 0 Å². The third-order valence-corrected chi connectivity index (χ3v) is 2.06. The predicted octanol–water partition coefficient (Wildman–Crippen LogP) is 3.10. The van der Waals surface area contributed by atoms with E-state index in [1.54, 1.807) is 6.21 Å². The van der Waals surface area contributed by atoms with Crippen LogP contribution in [0.15, 0.2) is 35.3 Å². The number of carbonyl (C=O) groups excluding carboxylic acids is 1. The Morgan fingerprint density at radius 2 is 2.00 bits per heavy atom. The van der Waals surface area contributed by atoms with Crippen molar-refractivity contribution in [1.29, 1.82) is 0 Å². The maximum Gasteiger partial charge on any atom is 0.221 e.